The summed E-state index contributed by atoms with van der Waals surface area (Å²) in [5, 5.41) is 3.62. The summed E-state index contributed by atoms with van der Waals surface area (Å²) in [4.78, 5) is 49.7. The minimum atomic E-state index is -1.33. The van der Waals surface area contributed by atoms with Crippen molar-refractivity contribution in [2.24, 2.45) is 5.73 Å². The summed E-state index contributed by atoms with van der Waals surface area (Å²) in [6, 6.07) is 6.81. The normalized spacial score (nSPS) is 10.3. The van der Waals surface area contributed by atoms with Gasteiger partial charge < -0.3 is 20.8 Å². The number of nitrogens with two attached hydrogens (primary N) is 1. The lowest BCUT2D eigenvalue weighted by atomic mass is 10.2. The molecule has 0 bridgehead atoms. The number of primary amides is 1. The highest BCUT2D eigenvalue weighted by molar-refractivity contribution is 6.01. The Labute approximate surface area is 164 Å². The van der Waals surface area contributed by atoms with E-state index < -0.39 is 36.0 Å². The van der Waals surface area contributed by atoms with E-state index in [9.17, 15) is 23.6 Å². The zero-order chi connectivity index (χ0) is 21.6. The molecule has 154 valence electrons. The van der Waals surface area contributed by atoms with E-state index in [-0.39, 0.29) is 18.7 Å². The quantitative estimate of drug-likeness (QED) is 0.364. The smallest absolute Gasteiger partial charge is 0.300 e. The lowest BCUT2D eigenvalue weighted by Crippen LogP contribution is -2.50. The standard InChI is InChI=1S/C18H20FN5O5/c1-10(19)18(28)24(7-6-15(20)25)23-16(26)9-21-17(27)13-8-11-12(22-13)4-3-5-14(11)29-2/h3-5,8,22H,1,6-7,9H2,2H3,(H2,20,25)(H,21,27)(H,23,26). The van der Waals surface area contributed by atoms with Crippen molar-refractivity contribution in [1.82, 2.24) is 20.7 Å². The fraction of sp³-hybridized carbons (Fsp3) is 0.222. The van der Waals surface area contributed by atoms with E-state index in [0.29, 0.717) is 21.7 Å². The Morgan fingerprint density at radius 2 is 2.03 bits per heavy atom. The van der Waals surface area contributed by atoms with Gasteiger partial charge in [0, 0.05) is 17.3 Å². The van der Waals surface area contributed by atoms with Crippen LogP contribution >= 0.6 is 0 Å². The van der Waals surface area contributed by atoms with E-state index in [4.69, 9.17) is 10.5 Å². The molecule has 0 aliphatic heterocycles. The summed E-state index contributed by atoms with van der Waals surface area (Å²) in [7, 11) is 1.50. The number of hydrogen-bond acceptors (Lipinski definition) is 5. The van der Waals surface area contributed by atoms with Crippen molar-refractivity contribution in [2.45, 2.75) is 6.42 Å². The molecule has 1 heterocycles. The van der Waals surface area contributed by atoms with Crippen molar-refractivity contribution in [1.29, 1.82) is 0 Å². The number of halogens is 1. The third-order valence-electron chi connectivity index (χ3n) is 3.82. The zero-order valence-corrected chi connectivity index (χ0v) is 15.6. The number of aromatic nitrogens is 1. The van der Waals surface area contributed by atoms with Gasteiger partial charge in [0.05, 0.1) is 20.2 Å². The van der Waals surface area contributed by atoms with Crippen molar-refractivity contribution < 1.29 is 28.3 Å². The van der Waals surface area contributed by atoms with Crippen LogP contribution in [-0.2, 0) is 14.4 Å². The second-order valence-corrected chi connectivity index (χ2v) is 5.90. The fourth-order valence-corrected chi connectivity index (χ4v) is 2.45. The number of hydrogen-bond donors (Lipinski definition) is 4. The van der Waals surface area contributed by atoms with Gasteiger partial charge in [-0.15, -0.1) is 0 Å². The number of fused-ring (bicyclic) bond motifs is 1. The van der Waals surface area contributed by atoms with Crippen LogP contribution in [-0.4, -0.2) is 53.8 Å². The van der Waals surface area contributed by atoms with Gasteiger partial charge in [0.2, 0.25) is 5.91 Å². The number of ether oxygens (including phenoxy) is 1. The topological polar surface area (TPSA) is 147 Å². The number of H-pyrrole nitrogens is 1. The monoisotopic (exact) mass is 405 g/mol. The van der Waals surface area contributed by atoms with Crippen LogP contribution in [0.3, 0.4) is 0 Å². The van der Waals surface area contributed by atoms with Crippen molar-refractivity contribution in [3.05, 3.63) is 42.4 Å². The molecule has 0 atom stereocenters. The van der Waals surface area contributed by atoms with Gasteiger partial charge >= 0.3 is 0 Å². The van der Waals surface area contributed by atoms with E-state index >= 15 is 0 Å². The number of aromatic amines is 1. The molecule has 29 heavy (non-hydrogen) atoms. The predicted octanol–water partition coefficient (Wildman–Crippen LogP) is 0.125. The Kier molecular flexibility index (Phi) is 6.90. The highest BCUT2D eigenvalue weighted by Gasteiger charge is 2.20. The number of nitrogens with one attached hydrogen (secondary N) is 3. The molecule has 0 spiro atoms. The Balaban J connectivity index is 1.99. The molecule has 10 nitrogen and oxygen atoms in total. The molecule has 0 radical (unpaired) electrons. The van der Waals surface area contributed by atoms with Crippen LogP contribution in [0.25, 0.3) is 10.9 Å². The molecule has 0 unspecified atom stereocenters. The molecule has 0 aliphatic carbocycles. The maximum Gasteiger partial charge on any atom is 0.300 e. The van der Waals surface area contributed by atoms with E-state index in [1.54, 1.807) is 24.3 Å². The maximum absolute atomic E-state index is 13.1. The molecule has 2 rings (SSSR count). The summed E-state index contributed by atoms with van der Waals surface area (Å²) in [6.07, 6.45) is -0.303. The number of hydrazine groups is 1. The predicted molar refractivity (Wildman–Crippen MR) is 101 cm³/mol. The van der Waals surface area contributed by atoms with Crippen molar-refractivity contribution in [3.8, 4) is 5.75 Å². The molecule has 11 heteroatoms. The van der Waals surface area contributed by atoms with Crippen LogP contribution in [0.1, 0.15) is 16.9 Å². The Hall–Kier alpha value is -3.89. The zero-order valence-electron chi connectivity index (χ0n) is 15.6. The van der Waals surface area contributed by atoms with Gasteiger partial charge in [-0.3, -0.25) is 24.6 Å². The second kappa shape index (κ2) is 9.35. The Morgan fingerprint density at radius 3 is 2.66 bits per heavy atom. The number of nitrogens with zero attached hydrogens (tertiary/aromatic N) is 1. The number of amides is 4. The lowest BCUT2D eigenvalue weighted by Gasteiger charge is -2.21. The molecule has 0 saturated carbocycles. The molecule has 0 saturated heterocycles. The molecule has 0 aliphatic rings. The van der Waals surface area contributed by atoms with Gasteiger partial charge in [0.25, 0.3) is 17.7 Å². The SMILES string of the molecule is C=C(F)C(=O)N(CCC(N)=O)NC(=O)CNC(=O)c1cc2c(OC)cccc2[nH]1. The molecule has 2 aromatic rings. The molecule has 0 fully saturated rings. The summed E-state index contributed by atoms with van der Waals surface area (Å²) in [5.74, 6) is -4.12. The number of rotatable bonds is 8. The van der Waals surface area contributed by atoms with Gasteiger partial charge in [-0.2, -0.15) is 0 Å². The van der Waals surface area contributed by atoms with E-state index in [0.717, 1.165) is 0 Å². The number of carbonyl (C=O) groups excluding carboxylic acids is 4. The summed E-state index contributed by atoms with van der Waals surface area (Å²) < 4.78 is 18.3. The Morgan fingerprint density at radius 1 is 1.31 bits per heavy atom. The molecular weight excluding hydrogens is 385 g/mol. The van der Waals surface area contributed by atoms with Gasteiger partial charge in [-0.1, -0.05) is 12.6 Å². The molecule has 1 aromatic heterocycles. The minimum absolute atomic E-state index is 0.191. The van der Waals surface area contributed by atoms with Crippen molar-refractivity contribution in [3.63, 3.8) is 0 Å². The van der Waals surface area contributed by atoms with Crippen LogP contribution < -0.4 is 21.2 Å². The average Bonchev–Trinajstić information content (AvgIpc) is 3.12. The van der Waals surface area contributed by atoms with Gasteiger partial charge in [-0.25, -0.2) is 9.40 Å². The first-order valence-corrected chi connectivity index (χ1v) is 8.41. The first-order chi connectivity index (χ1) is 13.7. The Bertz CT molecular complexity index is 971. The first kappa shape index (κ1) is 21.4. The summed E-state index contributed by atoms with van der Waals surface area (Å²) in [6.45, 7) is 1.99. The van der Waals surface area contributed by atoms with Crippen LogP contribution in [0.15, 0.2) is 36.7 Å². The highest BCUT2D eigenvalue weighted by atomic mass is 19.1. The summed E-state index contributed by atoms with van der Waals surface area (Å²) in [5.41, 5.74) is 7.95. The van der Waals surface area contributed by atoms with Crippen LogP contribution in [0.5, 0.6) is 5.75 Å². The van der Waals surface area contributed by atoms with Gasteiger partial charge in [0.1, 0.15) is 11.4 Å². The van der Waals surface area contributed by atoms with E-state index in [1.165, 1.54) is 7.11 Å². The lowest BCUT2D eigenvalue weighted by molar-refractivity contribution is -0.139. The number of benzene rings is 1. The van der Waals surface area contributed by atoms with Crippen LogP contribution in [0.4, 0.5) is 4.39 Å². The molecule has 4 amide bonds. The van der Waals surface area contributed by atoms with Crippen molar-refractivity contribution >= 4 is 34.5 Å². The van der Waals surface area contributed by atoms with E-state index in [2.05, 4.69) is 22.3 Å². The van der Waals surface area contributed by atoms with Gasteiger partial charge in [-0.05, 0) is 18.2 Å². The first-order valence-electron chi connectivity index (χ1n) is 8.41. The third kappa shape index (κ3) is 5.54. The third-order valence-corrected chi connectivity index (χ3v) is 3.82. The maximum atomic E-state index is 13.1. The number of carbonyl (C=O) groups is 4. The average molecular weight is 405 g/mol. The molecule has 1 aromatic carbocycles. The number of methoxy groups -OCH3 is 1. The fourth-order valence-electron chi connectivity index (χ4n) is 2.45. The van der Waals surface area contributed by atoms with Crippen molar-refractivity contribution in [2.75, 3.05) is 20.2 Å². The van der Waals surface area contributed by atoms with Crippen LogP contribution in [0.2, 0.25) is 0 Å². The largest absolute Gasteiger partial charge is 0.496 e. The highest BCUT2D eigenvalue weighted by Crippen LogP contribution is 2.25. The second-order valence-electron chi connectivity index (χ2n) is 5.90. The molecule has 5 N–H and O–H groups in total. The van der Waals surface area contributed by atoms with Crippen LogP contribution in [0, 0.1) is 0 Å². The van der Waals surface area contributed by atoms with E-state index in [1.807, 2.05) is 0 Å². The minimum Gasteiger partial charge on any atom is -0.496 e. The molecular formula is C18H20FN5O5. The van der Waals surface area contributed by atoms with Gasteiger partial charge in [0.15, 0.2) is 5.83 Å². The summed E-state index contributed by atoms with van der Waals surface area (Å²) >= 11 is 0.